The van der Waals surface area contributed by atoms with Gasteiger partial charge in [-0.05, 0) is 31.3 Å². The predicted molar refractivity (Wildman–Crippen MR) is 50.5 cm³/mol. The average Bonchev–Trinajstić information content (AvgIpc) is 2.09. The zero-order chi connectivity index (χ0) is 9.69. The smallest absolute Gasteiger partial charge is 0.169 e. The number of Topliss-reactive ketones (excluding diaryl/α,β-unsaturated/α-hetero) is 1. The third kappa shape index (κ3) is 1.01. The number of rotatable bonds is 1. The van der Waals surface area contributed by atoms with Crippen LogP contribution in [-0.4, -0.2) is 18.5 Å². The number of fused-ring (bicyclic) bond motifs is 2. The first-order chi connectivity index (χ1) is 6.02. The van der Waals surface area contributed by atoms with Crippen molar-refractivity contribution in [1.82, 2.24) is 0 Å². The van der Waals surface area contributed by atoms with E-state index in [1.807, 2.05) is 6.08 Å². The Morgan fingerprint density at radius 2 is 2.15 bits per heavy atom. The van der Waals surface area contributed by atoms with E-state index in [1.54, 1.807) is 7.11 Å². The summed E-state index contributed by atoms with van der Waals surface area (Å²) < 4.78 is 5.37. The molecule has 3 rings (SSSR count). The molecule has 0 aromatic rings. The van der Waals surface area contributed by atoms with E-state index >= 15 is 0 Å². The molecule has 0 N–H and O–H groups in total. The van der Waals surface area contributed by atoms with Crippen molar-refractivity contribution in [1.29, 1.82) is 0 Å². The van der Waals surface area contributed by atoms with Crippen molar-refractivity contribution in [2.75, 3.05) is 7.11 Å². The molecular formula is C11H16O2. The SMILES string of the molecule is CO[C@]12C=C(C)[C@](C)(CC1)CC2=O. The van der Waals surface area contributed by atoms with E-state index in [0.717, 1.165) is 12.8 Å². The number of ketones is 1. The number of carbonyl (C=O) groups is 1. The highest BCUT2D eigenvalue weighted by atomic mass is 16.5. The Morgan fingerprint density at radius 1 is 1.46 bits per heavy atom. The molecule has 0 heterocycles. The Balaban J connectivity index is 2.49. The summed E-state index contributed by atoms with van der Waals surface area (Å²) in [5, 5.41) is 0. The van der Waals surface area contributed by atoms with Gasteiger partial charge in [0.05, 0.1) is 0 Å². The Hall–Kier alpha value is -0.630. The molecule has 0 amide bonds. The lowest BCUT2D eigenvalue weighted by Crippen LogP contribution is -2.51. The molecule has 3 aliphatic rings. The molecule has 72 valence electrons. The third-order valence-corrected chi connectivity index (χ3v) is 3.84. The number of carbonyl (C=O) groups excluding carboxylic acids is 1. The first kappa shape index (κ1) is 8.95. The summed E-state index contributed by atoms with van der Waals surface area (Å²) in [6.45, 7) is 4.29. The van der Waals surface area contributed by atoms with Crippen molar-refractivity contribution in [3.63, 3.8) is 0 Å². The molecule has 0 saturated heterocycles. The van der Waals surface area contributed by atoms with Crippen LogP contribution in [0, 0.1) is 5.41 Å². The van der Waals surface area contributed by atoms with Crippen molar-refractivity contribution in [3.8, 4) is 0 Å². The second-order valence-electron chi connectivity index (χ2n) is 4.58. The Bertz CT molecular complexity index is 292. The highest BCUT2D eigenvalue weighted by Gasteiger charge is 2.51. The summed E-state index contributed by atoms with van der Waals surface area (Å²) in [7, 11) is 1.63. The standard InChI is InChI=1S/C11H16O2/c1-8-6-11(13-3)5-4-10(8,2)7-9(11)12/h6H,4-5,7H2,1-3H3/t10-,11+/m1/s1. The van der Waals surface area contributed by atoms with Gasteiger partial charge in [-0.1, -0.05) is 12.5 Å². The first-order valence-electron chi connectivity index (χ1n) is 4.81. The van der Waals surface area contributed by atoms with E-state index in [9.17, 15) is 4.79 Å². The molecule has 2 atom stereocenters. The minimum atomic E-state index is -0.568. The predicted octanol–water partition coefficient (Wildman–Crippen LogP) is 2.09. The maximum Gasteiger partial charge on any atom is 0.169 e. The molecule has 0 aromatic carbocycles. The van der Waals surface area contributed by atoms with Crippen LogP contribution in [0.15, 0.2) is 11.6 Å². The zero-order valence-corrected chi connectivity index (χ0v) is 8.52. The van der Waals surface area contributed by atoms with Gasteiger partial charge in [0.2, 0.25) is 0 Å². The van der Waals surface area contributed by atoms with E-state index in [4.69, 9.17) is 4.74 Å². The molecular weight excluding hydrogens is 164 g/mol. The second-order valence-corrected chi connectivity index (χ2v) is 4.58. The molecule has 0 spiro atoms. The van der Waals surface area contributed by atoms with Crippen LogP contribution in [0.2, 0.25) is 0 Å². The fourth-order valence-electron chi connectivity index (χ4n) is 2.48. The summed E-state index contributed by atoms with van der Waals surface area (Å²) in [5.41, 5.74) is 0.874. The molecule has 2 bridgehead atoms. The lowest BCUT2D eigenvalue weighted by Gasteiger charge is -2.48. The van der Waals surface area contributed by atoms with Crippen molar-refractivity contribution in [2.45, 2.75) is 38.7 Å². The Morgan fingerprint density at radius 3 is 2.62 bits per heavy atom. The lowest BCUT2D eigenvalue weighted by atomic mass is 9.60. The molecule has 0 radical (unpaired) electrons. The maximum absolute atomic E-state index is 11.8. The zero-order valence-electron chi connectivity index (χ0n) is 8.52. The Kier molecular flexibility index (Phi) is 1.68. The van der Waals surface area contributed by atoms with Gasteiger partial charge in [0, 0.05) is 13.5 Å². The van der Waals surface area contributed by atoms with Crippen molar-refractivity contribution >= 4 is 5.78 Å². The number of hydrogen-bond donors (Lipinski definition) is 0. The highest BCUT2D eigenvalue weighted by molar-refractivity contribution is 5.93. The fourth-order valence-corrected chi connectivity index (χ4v) is 2.48. The molecule has 2 heteroatoms. The highest BCUT2D eigenvalue weighted by Crippen LogP contribution is 2.50. The van der Waals surface area contributed by atoms with Gasteiger partial charge in [-0.25, -0.2) is 0 Å². The molecule has 13 heavy (non-hydrogen) atoms. The molecule has 2 nitrogen and oxygen atoms in total. The number of allylic oxidation sites excluding steroid dienone is 1. The third-order valence-electron chi connectivity index (χ3n) is 3.84. The van der Waals surface area contributed by atoms with Crippen molar-refractivity contribution < 1.29 is 9.53 Å². The number of ether oxygens (including phenoxy) is 1. The van der Waals surface area contributed by atoms with Crippen LogP contribution in [0.3, 0.4) is 0 Å². The van der Waals surface area contributed by atoms with E-state index < -0.39 is 5.60 Å². The van der Waals surface area contributed by atoms with Crippen LogP contribution in [0.25, 0.3) is 0 Å². The summed E-state index contributed by atoms with van der Waals surface area (Å²) in [6.07, 6.45) is 4.62. The van der Waals surface area contributed by atoms with Gasteiger partial charge < -0.3 is 4.74 Å². The monoisotopic (exact) mass is 180 g/mol. The molecule has 0 aliphatic heterocycles. The van der Waals surface area contributed by atoms with Crippen LogP contribution in [0.1, 0.15) is 33.1 Å². The van der Waals surface area contributed by atoms with Crippen LogP contribution in [-0.2, 0) is 9.53 Å². The van der Waals surface area contributed by atoms with Gasteiger partial charge >= 0.3 is 0 Å². The van der Waals surface area contributed by atoms with Crippen LogP contribution >= 0.6 is 0 Å². The summed E-state index contributed by atoms with van der Waals surface area (Å²) in [6, 6.07) is 0. The van der Waals surface area contributed by atoms with Gasteiger partial charge in [0.25, 0.3) is 0 Å². The van der Waals surface area contributed by atoms with Gasteiger partial charge in [-0.2, -0.15) is 0 Å². The molecule has 0 unspecified atom stereocenters. The summed E-state index contributed by atoms with van der Waals surface area (Å²) in [4.78, 5) is 11.8. The minimum absolute atomic E-state index is 0.122. The van der Waals surface area contributed by atoms with Crippen molar-refractivity contribution in [3.05, 3.63) is 11.6 Å². The second kappa shape index (κ2) is 2.44. The lowest BCUT2D eigenvalue weighted by molar-refractivity contribution is -0.145. The van der Waals surface area contributed by atoms with E-state index in [2.05, 4.69) is 13.8 Å². The van der Waals surface area contributed by atoms with Crippen LogP contribution in [0.4, 0.5) is 0 Å². The minimum Gasteiger partial charge on any atom is -0.366 e. The van der Waals surface area contributed by atoms with Gasteiger partial charge in [-0.15, -0.1) is 0 Å². The summed E-state index contributed by atoms with van der Waals surface area (Å²) in [5.74, 6) is 0.259. The molecule has 0 aromatic heterocycles. The number of methoxy groups -OCH3 is 1. The Labute approximate surface area is 79.0 Å². The van der Waals surface area contributed by atoms with Gasteiger partial charge in [0.1, 0.15) is 5.60 Å². The first-order valence-corrected chi connectivity index (χ1v) is 4.81. The molecule has 1 fully saturated rings. The molecule has 1 saturated carbocycles. The number of hydrogen-bond acceptors (Lipinski definition) is 2. The average molecular weight is 180 g/mol. The van der Waals surface area contributed by atoms with E-state index in [0.29, 0.717) is 6.42 Å². The van der Waals surface area contributed by atoms with Gasteiger partial charge in [-0.3, -0.25) is 4.79 Å². The fraction of sp³-hybridized carbons (Fsp3) is 0.727. The van der Waals surface area contributed by atoms with Crippen LogP contribution in [0.5, 0.6) is 0 Å². The van der Waals surface area contributed by atoms with Crippen LogP contribution < -0.4 is 0 Å². The quantitative estimate of drug-likeness (QED) is 0.577. The maximum atomic E-state index is 11.8. The topological polar surface area (TPSA) is 26.3 Å². The van der Waals surface area contributed by atoms with E-state index in [-0.39, 0.29) is 11.2 Å². The van der Waals surface area contributed by atoms with E-state index in [1.165, 1.54) is 5.57 Å². The van der Waals surface area contributed by atoms with Gasteiger partial charge in [0.15, 0.2) is 5.78 Å². The largest absolute Gasteiger partial charge is 0.366 e. The summed E-state index contributed by atoms with van der Waals surface area (Å²) >= 11 is 0. The molecule has 3 aliphatic carbocycles. The van der Waals surface area contributed by atoms with Crippen molar-refractivity contribution in [2.24, 2.45) is 5.41 Å². The normalized spacial score (nSPS) is 43.6.